The lowest BCUT2D eigenvalue weighted by atomic mass is 9.70. The molecule has 0 aromatic heterocycles. The van der Waals surface area contributed by atoms with E-state index in [1.807, 2.05) is 69.4 Å². The van der Waals surface area contributed by atoms with Gasteiger partial charge in [0.2, 0.25) is 5.91 Å². The zero-order valence-electron chi connectivity index (χ0n) is 23.8. The van der Waals surface area contributed by atoms with Crippen LogP contribution < -0.4 is 5.32 Å². The first-order valence-corrected chi connectivity index (χ1v) is 13.0. The van der Waals surface area contributed by atoms with Crippen molar-refractivity contribution in [2.24, 2.45) is 5.41 Å². The number of carboxylic acids is 1. The third-order valence-corrected chi connectivity index (χ3v) is 6.65. The van der Waals surface area contributed by atoms with E-state index < -0.39 is 5.97 Å². The van der Waals surface area contributed by atoms with E-state index in [2.05, 4.69) is 51.2 Å². The van der Waals surface area contributed by atoms with Crippen LogP contribution in [0.15, 0.2) is 113 Å². The summed E-state index contributed by atoms with van der Waals surface area (Å²) in [7, 11) is 0. The van der Waals surface area contributed by atoms with E-state index in [0.29, 0.717) is 5.56 Å². The number of amides is 1. The van der Waals surface area contributed by atoms with Gasteiger partial charge in [-0.25, -0.2) is 4.79 Å². The van der Waals surface area contributed by atoms with Gasteiger partial charge in [-0.05, 0) is 98.9 Å². The Balaban J connectivity index is 2.18. The average Bonchev–Trinajstić information content (AvgIpc) is 2.85. The van der Waals surface area contributed by atoms with Crippen molar-refractivity contribution < 1.29 is 14.7 Å². The molecule has 4 nitrogen and oxygen atoms in total. The molecule has 1 aromatic rings. The smallest absolute Gasteiger partial charge is 0.335 e. The summed E-state index contributed by atoms with van der Waals surface area (Å²) in [4.78, 5) is 23.3. The molecular weight excluding hydrogens is 470 g/mol. The van der Waals surface area contributed by atoms with Crippen LogP contribution in [-0.4, -0.2) is 17.0 Å². The van der Waals surface area contributed by atoms with Crippen molar-refractivity contribution in [1.29, 1.82) is 0 Å². The third-order valence-electron chi connectivity index (χ3n) is 6.65. The molecular formula is C34H41NO3. The molecule has 0 saturated heterocycles. The van der Waals surface area contributed by atoms with Gasteiger partial charge in [-0.2, -0.15) is 0 Å². The quantitative estimate of drug-likeness (QED) is 0.258. The number of rotatable bonds is 9. The number of aromatic carboxylic acids is 1. The van der Waals surface area contributed by atoms with Gasteiger partial charge in [0.25, 0.3) is 0 Å². The van der Waals surface area contributed by atoms with E-state index in [9.17, 15) is 9.59 Å². The number of carbonyl (C=O) groups is 2. The van der Waals surface area contributed by atoms with Crippen LogP contribution in [0, 0.1) is 5.41 Å². The normalized spacial score (nSPS) is 18.3. The molecule has 4 heteroatoms. The minimum Gasteiger partial charge on any atom is -0.478 e. The summed E-state index contributed by atoms with van der Waals surface area (Å²) in [6, 6.07) is 7.02. The molecule has 0 aliphatic heterocycles. The van der Waals surface area contributed by atoms with Gasteiger partial charge in [0, 0.05) is 11.8 Å². The van der Waals surface area contributed by atoms with Crippen molar-refractivity contribution in [3.63, 3.8) is 0 Å². The third kappa shape index (κ3) is 9.19. The largest absolute Gasteiger partial charge is 0.478 e. The number of carboxylic acid groups (broad SMARTS) is 1. The number of allylic oxidation sites excluding steroid dienone is 13. The summed E-state index contributed by atoms with van der Waals surface area (Å²) in [5, 5.41) is 12.0. The maximum atomic E-state index is 12.2. The molecule has 0 bridgehead atoms. The monoisotopic (exact) mass is 511 g/mol. The summed E-state index contributed by atoms with van der Waals surface area (Å²) in [6.07, 6.45) is 21.7. The molecule has 1 amide bonds. The lowest BCUT2D eigenvalue weighted by Gasteiger charge is -2.34. The van der Waals surface area contributed by atoms with Crippen LogP contribution >= 0.6 is 0 Å². The molecule has 0 radical (unpaired) electrons. The van der Waals surface area contributed by atoms with Gasteiger partial charge in [-0.15, -0.1) is 0 Å². The van der Waals surface area contributed by atoms with Crippen molar-refractivity contribution in [3.05, 3.63) is 124 Å². The second kappa shape index (κ2) is 14.1. The average molecular weight is 512 g/mol. The van der Waals surface area contributed by atoms with Gasteiger partial charge in [0.15, 0.2) is 0 Å². The van der Waals surface area contributed by atoms with Crippen molar-refractivity contribution in [2.45, 2.75) is 61.3 Å². The maximum Gasteiger partial charge on any atom is 0.335 e. The van der Waals surface area contributed by atoms with Crippen LogP contribution in [0.25, 0.3) is 6.08 Å². The van der Waals surface area contributed by atoms with E-state index in [1.54, 1.807) is 18.2 Å². The topological polar surface area (TPSA) is 66.4 Å². The molecule has 0 unspecified atom stereocenters. The van der Waals surface area contributed by atoms with Crippen LogP contribution in [-0.2, 0) is 4.79 Å². The second-order valence-electron chi connectivity index (χ2n) is 10.2. The van der Waals surface area contributed by atoms with E-state index in [-0.39, 0.29) is 11.3 Å². The number of carbonyl (C=O) groups excluding carboxylic acids is 1. The first-order valence-electron chi connectivity index (χ1n) is 13.0. The Kier molecular flexibility index (Phi) is 11.3. The van der Waals surface area contributed by atoms with Crippen LogP contribution in [0.4, 0.5) is 0 Å². The van der Waals surface area contributed by atoms with Gasteiger partial charge in [0.1, 0.15) is 0 Å². The fraction of sp³-hybridized carbons (Fsp3) is 0.294. The molecule has 0 atom stereocenters. The molecule has 1 aromatic carbocycles. The van der Waals surface area contributed by atoms with Crippen LogP contribution in [0.5, 0.6) is 0 Å². The van der Waals surface area contributed by atoms with Crippen molar-refractivity contribution in [3.8, 4) is 0 Å². The second-order valence-corrected chi connectivity index (χ2v) is 10.2. The minimum atomic E-state index is -0.912. The molecule has 0 heterocycles. The van der Waals surface area contributed by atoms with E-state index in [0.717, 1.165) is 35.2 Å². The van der Waals surface area contributed by atoms with Gasteiger partial charge >= 0.3 is 5.97 Å². The molecule has 0 fully saturated rings. The van der Waals surface area contributed by atoms with Gasteiger partial charge < -0.3 is 10.4 Å². The maximum absolute atomic E-state index is 12.2. The highest BCUT2D eigenvalue weighted by atomic mass is 16.4. The summed E-state index contributed by atoms with van der Waals surface area (Å²) >= 11 is 0. The molecule has 1 aliphatic rings. The number of benzene rings is 1. The Labute approximate surface area is 228 Å². The SMILES string of the molecule is C/C=C\C(=C/C)NC(=O)\C=C(C)/C=C/C=C(C)/C=C/C1=C(C)C(=C/c2ccc(C(=O)O)cc2)/CCC1(C)C. The highest BCUT2D eigenvalue weighted by molar-refractivity contribution is 5.90. The Hall–Kier alpha value is -3.92. The Morgan fingerprint density at radius 2 is 1.68 bits per heavy atom. The predicted octanol–water partition coefficient (Wildman–Crippen LogP) is 8.51. The zero-order chi connectivity index (χ0) is 28.3. The lowest BCUT2D eigenvalue weighted by molar-refractivity contribution is -0.115. The number of nitrogens with one attached hydrogen (secondary N) is 1. The predicted molar refractivity (Wildman–Crippen MR) is 160 cm³/mol. The summed E-state index contributed by atoms with van der Waals surface area (Å²) in [5.74, 6) is -1.06. The van der Waals surface area contributed by atoms with Gasteiger partial charge in [0.05, 0.1) is 5.56 Å². The number of hydrogen-bond acceptors (Lipinski definition) is 2. The van der Waals surface area contributed by atoms with Crippen LogP contribution in [0.3, 0.4) is 0 Å². The minimum absolute atomic E-state index is 0.0622. The zero-order valence-corrected chi connectivity index (χ0v) is 23.8. The molecule has 38 heavy (non-hydrogen) atoms. The van der Waals surface area contributed by atoms with Gasteiger partial charge in [-0.3, -0.25) is 4.79 Å². The number of hydrogen-bond donors (Lipinski definition) is 2. The van der Waals surface area contributed by atoms with E-state index >= 15 is 0 Å². The molecule has 0 saturated carbocycles. The molecule has 2 rings (SSSR count). The summed E-state index contributed by atoms with van der Waals surface area (Å²) in [6.45, 7) is 14.5. The standard InChI is InChI=1S/C34H41NO3/c1-8-11-30(9-2)35-32(36)22-25(4)13-10-12-24(3)14-19-31-26(5)29(20-21-34(31,6)7)23-27-15-17-28(18-16-27)33(37)38/h8-19,22-23H,20-21H2,1-7H3,(H,35,36)(H,37,38)/b11-8-,13-10+,19-14+,24-12+,25-22-,29-23+,30-9+. The van der Waals surface area contributed by atoms with Crippen LogP contribution in [0.1, 0.15) is 77.2 Å². The van der Waals surface area contributed by atoms with Gasteiger partial charge in [-0.1, -0.05) is 80.2 Å². The molecule has 1 aliphatic carbocycles. The fourth-order valence-corrected chi connectivity index (χ4v) is 4.35. The summed E-state index contributed by atoms with van der Waals surface area (Å²) < 4.78 is 0. The van der Waals surface area contributed by atoms with Crippen molar-refractivity contribution in [2.75, 3.05) is 0 Å². The van der Waals surface area contributed by atoms with E-state index in [4.69, 9.17) is 5.11 Å². The highest BCUT2D eigenvalue weighted by Gasteiger charge is 2.28. The van der Waals surface area contributed by atoms with Crippen molar-refractivity contribution in [1.82, 2.24) is 5.32 Å². The molecule has 0 spiro atoms. The first kappa shape index (κ1) is 30.3. The van der Waals surface area contributed by atoms with Crippen LogP contribution in [0.2, 0.25) is 0 Å². The molecule has 2 N–H and O–H groups in total. The first-order chi connectivity index (χ1) is 18.0. The lowest BCUT2D eigenvalue weighted by Crippen LogP contribution is -2.20. The Morgan fingerprint density at radius 1 is 1.00 bits per heavy atom. The fourth-order valence-electron chi connectivity index (χ4n) is 4.35. The Morgan fingerprint density at radius 3 is 2.29 bits per heavy atom. The van der Waals surface area contributed by atoms with Crippen molar-refractivity contribution >= 4 is 18.0 Å². The highest BCUT2D eigenvalue weighted by Crippen LogP contribution is 2.43. The molecule has 200 valence electrons. The Bertz CT molecular complexity index is 1270. The van der Waals surface area contributed by atoms with E-state index in [1.165, 1.54) is 16.7 Å². The summed E-state index contributed by atoms with van der Waals surface area (Å²) in [5.41, 5.74) is 7.98.